The summed E-state index contributed by atoms with van der Waals surface area (Å²) in [6, 6.07) is 15.6. The van der Waals surface area contributed by atoms with Crippen molar-refractivity contribution in [3.8, 4) is 27.3 Å². The highest BCUT2D eigenvalue weighted by Crippen LogP contribution is 2.49. The van der Waals surface area contributed by atoms with Gasteiger partial charge in [0, 0.05) is 41.9 Å². The van der Waals surface area contributed by atoms with Gasteiger partial charge >= 0.3 is 0 Å². The zero-order valence-electron chi connectivity index (χ0n) is 19.3. The van der Waals surface area contributed by atoms with E-state index in [0.29, 0.717) is 5.56 Å². The number of rotatable bonds is 4. The molecular formula is C27H22FN3O4S. The lowest BCUT2D eigenvalue weighted by Gasteiger charge is -2.44. The minimum absolute atomic E-state index is 0.126. The summed E-state index contributed by atoms with van der Waals surface area (Å²) in [5.41, 5.74) is 3.17. The number of amides is 1. The molecule has 1 atom stereocenters. The van der Waals surface area contributed by atoms with Gasteiger partial charge in [-0.05, 0) is 34.2 Å². The largest absolute Gasteiger partial charge is 0.502 e. The summed E-state index contributed by atoms with van der Waals surface area (Å²) in [5, 5.41) is 14.5. The lowest BCUT2D eigenvalue weighted by molar-refractivity contribution is 0.0614. The lowest BCUT2D eigenvalue weighted by Crippen LogP contribution is -2.56. The van der Waals surface area contributed by atoms with Crippen molar-refractivity contribution in [1.82, 2.24) is 9.58 Å². The van der Waals surface area contributed by atoms with Crippen molar-refractivity contribution in [3.05, 3.63) is 99.0 Å². The highest BCUT2D eigenvalue weighted by atomic mass is 32.1. The monoisotopic (exact) mass is 503 g/mol. The first-order valence-electron chi connectivity index (χ1n) is 11.5. The fraction of sp³-hybridized carbons (Fsp3) is 0.185. The van der Waals surface area contributed by atoms with Crippen LogP contribution < -0.4 is 10.4 Å². The molecule has 4 aromatic rings. The number of benzene rings is 2. The van der Waals surface area contributed by atoms with Crippen LogP contribution in [0, 0.1) is 5.82 Å². The van der Waals surface area contributed by atoms with Gasteiger partial charge in [-0.2, -0.15) is 0 Å². The fourth-order valence-corrected chi connectivity index (χ4v) is 6.12. The Balaban J connectivity index is 1.65. The number of halogens is 1. The molecule has 0 spiro atoms. The van der Waals surface area contributed by atoms with E-state index in [2.05, 4.69) is 0 Å². The molecule has 3 heterocycles. The van der Waals surface area contributed by atoms with E-state index in [1.165, 1.54) is 27.9 Å². The second-order valence-electron chi connectivity index (χ2n) is 8.72. The first kappa shape index (κ1) is 22.5. The summed E-state index contributed by atoms with van der Waals surface area (Å²) in [4.78, 5) is 28.2. The van der Waals surface area contributed by atoms with Crippen molar-refractivity contribution in [3.63, 3.8) is 0 Å². The van der Waals surface area contributed by atoms with Gasteiger partial charge in [-0.25, -0.2) is 4.39 Å². The third-order valence-electron chi connectivity index (χ3n) is 6.77. The van der Waals surface area contributed by atoms with Crippen molar-refractivity contribution in [1.29, 1.82) is 0 Å². The Morgan fingerprint density at radius 3 is 2.69 bits per heavy atom. The summed E-state index contributed by atoms with van der Waals surface area (Å²) in [6.45, 7) is 0.674. The second-order valence-corrected chi connectivity index (χ2v) is 9.64. The Bertz CT molecular complexity index is 1560. The van der Waals surface area contributed by atoms with Crippen LogP contribution in [0.15, 0.2) is 71.0 Å². The van der Waals surface area contributed by atoms with Crippen LogP contribution in [0.2, 0.25) is 0 Å². The first-order chi connectivity index (χ1) is 17.5. The van der Waals surface area contributed by atoms with Gasteiger partial charge in [0.15, 0.2) is 11.4 Å². The maximum atomic E-state index is 15.5. The van der Waals surface area contributed by atoms with Gasteiger partial charge < -0.3 is 14.7 Å². The SMILES string of the molecule is COCCN1CN(C2c3ccccc3-c3sccc3-c3c(F)cccc32)n2ccc(=O)c(O)c2C1=O. The van der Waals surface area contributed by atoms with Crippen LogP contribution in [0.25, 0.3) is 21.6 Å². The summed E-state index contributed by atoms with van der Waals surface area (Å²) >= 11 is 1.55. The molecule has 182 valence electrons. The zero-order valence-corrected chi connectivity index (χ0v) is 20.2. The molecule has 2 aromatic heterocycles. The van der Waals surface area contributed by atoms with Crippen LogP contribution in [-0.2, 0) is 4.74 Å². The van der Waals surface area contributed by atoms with Gasteiger partial charge in [0.05, 0.1) is 12.6 Å². The average molecular weight is 504 g/mol. The molecule has 0 saturated heterocycles. The fourth-order valence-electron chi connectivity index (χ4n) is 5.17. The van der Waals surface area contributed by atoms with E-state index >= 15 is 4.39 Å². The number of ether oxygens (including phenoxy) is 1. The third-order valence-corrected chi connectivity index (χ3v) is 7.72. The number of pyridine rings is 1. The molecule has 0 bridgehead atoms. The standard InChI is InChI=1S/C27H22FN3O4S/c1-35-13-12-29-15-31(30-11-9-21(32)25(33)24(30)27(29)34)23-16-5-2-3-6-17(16)26-19(10-14-36-26)22-18(23)7-4-8-20(22)28/h2-11,14,23,33H,12-13,15H2,1H3. The quantitative estimate of drug-likeness (QED) is 0.452. The number of carbonyl (C=O) groups excluding carboxylic acids is 1. The predicted molar refractivity (Wildman–Crippen MR) is 135 cm³/mol. The topological polar surface area (TPSA) is 75.0 Å². The molecule has 36 heavy (non-hydrogen) atoms. The van der Waals surface area contributed by atoms with Crippen LogP contribution in [-0.4, -0.2) is 47.5 Å². The minimum atomic E-state index is -0.641. The van der Waals surface area contributed by atoms with E-state index in [4.69, 9.17) is 4.74 Å². The van der Waals surface area contributed by atoms with Gasteiger partial charge in [-0.1, -0.05) is 36.4 Å². The summed E-state index contributed by atoms with van der Waals surface area (Å²) < 4.78 is 22.2. The lowest BCUT2D eigenvalue weighted by atomic mass is 9.92. The molecule has 0 radical (unpaired) electrons. The van der Waals surface area contributed by atoms with Crippen LogP contribution in [0.1, 0.15) is 27.7 Å². The van der Waals surface area contributed by atoms with Crippen LogP contribution in [0.3, 0.4) is 0 Å². The molecule has 0 fully saturated rings. The normalized spacial score (nSPS) is 16.2. The van der Waals surface area contributed by atoms with Crippen LogP contribution >= 0.6 is 11.3 Å². The molecular weight excluding hydrogens is 481 g/mol. The van der Waals surface area contributed by atoms with E-state index in [0.717, 1.165) is 27.1 Å². The van der Waals surface area contributed by atoms with Crippen molar-refractivity contribution < 1.29 is 19.0 Å². The Morgan fingerprint density at radius 1 is 1.06 bits per heavy atom. The molecule has 9 heteroatoms. The van der Waals surface area contributed by atoms with E-state index in [-0.39, 0.29) is 31.3 Å². The van der Waals surface area contributed by atoms with E-state index < -0.39 is 23.1 Å². The smallest absolute Gasteiger partial charge is 0.277 e. The molecule has 2 aromatic carbocycles. The third kappa shape index (κ3) is 3.27. The van der Waals surface area contributed by atoms with Crippen molar-refractivity contribution in [2.75, 3.05) is 31.9 Å². The van der Waals surface area contributed by atoms with Crippen molar-refractivity contribution in [2.45, 2.75) is 6.04 Å². The zero-order chi connectivity index (χ0) is 25.0. The Morgan fingerprint density at radius 2 is 1.86 bits per heavy atom. The van der Waals surface area contributed by atoms with Gasteiger partial charge in [-0.15, -0.1) is 11.3 Å². The second kappa shape index (κ2) is 8.61. The van der Waals surface area contributed by atoms with E-state index in [9.17, 15) is 14.7 Å². The van der Waals surface area contributed by atoms with Gasteiger partial charge in [0.1, 0.15) is 12.5 Å². The molecule has 2 aliphatic rings. The Labute approximate surface area is 210 Å². The van der Waals surface area contributed by atoms with Crippen LogP contribution in [0.5, 0.6) is 5.75 Å². The summed E-state index contributed by atoms with van der Waals surface area (Å²) in [7, 11) is 1.54. The molecule has 1 unspecified atom stereocenters. The van der Waals surface area contributed by atoms with Crippen LogP contribution in [0.4, 0.5) is 4.39 Å². The van der Waals surface area contributed by atoms with E-state index in [1.807, 2.05) is 46.8 Å². The molecule has 1 N–H and O–H groups in total. The highest BCUT2D eigenvalue weighted by Gasteiger charge is 2.39. The number of fused-ring (bicyclic) bond motifs is 6. The maximum absolute atomic E-state index is 15.5. The number of hydrogen-bond acceptors (Lipinski definition) is 6. The summed E-state index contributed by atoms with van der Waals surface area (Å²) in [5.74, 6) is -1.42. The molecule has 6 rings (SSSR count). The number of carbonyl (C=O) groups is 1. The number of thiophene rings is 1. The molecule has 0 saturated carbocycles. The Kier molecular flexibility index (Phi) is 5.39. The maximum Gasteiger partial charge on any atom is 0.277 e. The summed E-state index contributed by atoms with van der Waals surface area (Å²) in [6.07, 6.45) is 1.49. The average Bonchev–Trinajstić information content (AvgIpc) is 3.32. The molecule has 1 aliphatic heterocycles. The predicted octanol–water partition coefficient (Wildman–Crippen LogP) is 4.19. The van der Waals surface area contributed by atoms with Crippen molar-refractivity contribution >= 4 is 17.2 Å². The molecule has 7 nitrogen and oxygen atoms in total. The Hall–Kier alpha value is -3.95. The number of hydrogen-bond donors (Lipinski definition) is 1. The minimum Gasteiger partial charge on any atom is -0.502 e. The van der Waals surface area contributed by atoms with Gasteiger partial charge in [0.25, 0.3) is 5.91 Å². The number of aromatic nitrogens is 1. The molecule has 1 amide bonds. The van der Waals surface area contributed by atoms with E-state index in [1.54, 1.807) is 24.5 Å². The number of aromatic hydroxyl groups is 1. The first-order valence-corrected chi connectivity index (χ1v) is 12.3. The highest BCUT2D eigenvalue weighted by molar-refractivity contribution is 7.14. The molecule has 1 aliphatic carbocycles. The van der Waals surface area contributed by atoms with Gasteiger partial charge in [0.2, 0.25) is 5.43 Å². The number of nitrogens with zero attached hydrogens (tertiary/aromatic N) is 3. The van der Waals surface area contributed by atoms with Crippen molar-refractivity contribution in [2.24, 2.45) is 0 Å². The van der Waals surface area contributed by atoms with Gasteiger partial charge in [-0.3, -0.25) is 19.3 Å². The number of methoxy groups -OCH3 is 1.